The van der Waals surface area contributed by atoms with Gasteiger partial charge in [-0.1, -0.05) is 12.1 Å². The Bertz CT molecular complexity index is 924. The zero-order valence-electron chi connectivity index (χ0n) is 13.1. The van der Waals surface area contributed by atoms with Crippen LogP contribution in [-0.2, 0) is 9.53 Å². The van der Waals surface area contributed by atoms with Gasteiger partial charge in [0.15, 0.2) is 0 Å². The predicted molar refractivity (Wildman–Crippen MR) is 97.6 cm³/mol. The Labute approximate surface area is 151 Å². The molecule has 0 amide bonds. The Morgan fingerprint density at radius 1 is 1.32 bits per heavy atom. The molecule has 128 valence electrons. The molecule has 0 aliphatic rings. The zero-order valence-corrected chi connectivity index (χ0v) is 14.7. The van der Waals surface area contributed by atoms with E-state index < -0.39 is 11.9 Å². The van der Waals surface area contributed by atoms with Crippen molar-refractivity contribution in [2.24, 2.45) is 0 Å². The van der Waals surface area contributed by atoms with E-state index in [4.69, 9.17) is 9.52 Å². The van der Waals surface area contributed by atoms with E-state index >= 15 is 0 Å². The minimum Gasteiger partial charge on any atom is -0.481 e. The van der Waals surface area contributed by atoms with Crippen LogP contribution in [0.1, 0.15) is 21.3 Å². The maximum Gasteiger partial charge on any atom is 0.373 e. The highest BCUT2D eigenvalue weighted by Gasteiger charge is 2.14. The van der Waals surface area contributed by atoms with Crippen LogP contribution in [0.5, 0.6) is 0 Å². The van der Waals surface area contributed by atoms with Crippen LogP contribution in [0.4, 0.5) is 0 Å². The number of furan rings is 1. The first-order valence-electron chi connectivity index (χ1n) is 7.17. The van der Waals surface area contributed by atoms with Gasteiger partial charge in [0.2, 0.25) is 5.76 Å². The van der Waals surface area contributed by atoms with Gasteiger partial charge < -0.3 is 14.3 Å². The third-order valence-corrected chi connectivity index (χ3v) is 5.35. The molecular weight excluding hydrogens is 362 g/mol. The minimum absolute atomic E-state index is 0.0839. The van der Waals surface area contributed by atoms with Gasteiger partial charge in [-0.05, 0) is 30.3 Å². The van der Waals surface area contributed by atoms with Gasteiger partial charge in [-0.15, -0.1) is 23.1 Å². The van der Waals surface area contributed by atoms with Crippen LogP contribution in [0, 0.1) is 0 Å². The molecule has 1 aromatic carbocycles. The first-order chi connectivity index (χ1) is 12.1. The van der Waals surface area contributed by atoms with E-state index in [1.165, 1.54) is 24.5 Å². The molecule has 2 aromatic heterocycles. The lowest BCUT2D eigenvalue weighted by atomic mass is 10.3. The van der Waals surface area contributed by atoms with Gasteiger partial charge in [0.25, 0.3) is 0 Å². The molecule has 0 fully saturated rings. The molecule has 3 rings (SSSR count). The summed E-state index contributed by atoms with van der Waals surface area (Å²) in [6, 6.07) is 10.8. The number of esters is 1. The number of carbonyl (C=O) groups is 2. The maximum atomic E-state index is 11.5. The third kappa shape index (κ3) is 4.09. The topological polar surface area (TPSA) is 89.6 Å². The molecule has 0 radical (unpaired) electrons. The molecule has 0 unspecified atom stereocenters. The molecule has 0 atom stereocenters. The molecule has 2 heterocycles. The Morgan fingerprint density at radius 3 is 2.84 bits per heavy atom. The molecule has 8 heteroatoms. The Morgan fingerprint density at radius 2 is 2.12 bits per heavy atom. The van der Waals surface area contributed by atoms with Crippen LogP contribution in [-0.4, -0.2) is 34.9 Å². The van der Waals surface area contributed by atoms with E-state index in [0.29, 0.717) is 15.7 Å². The monoisotopic (exact) mass is 375 g/mol. The van der Waals surface area contributed by atoms with E-state index in [1.807, 2.05) is 24.3 Å². The van der Waals surface area contributed by atoms with Crippen molar-refractivity contribution in [3.63, 3.8) is 0 Å². The lowest BCUT2D eigenvalue weighted by Gasteiger charge is -2.01. The lowest BCUT2D eigenvalue weighted by molar-refractivity contribution is -0.133. The first-order valence-corrected chi connectivity index (χ1v) is 8.97. The number of thiazole rings is 1. The van der Waals surface area contributed by atoms with Gasteiger partial charge in [-0.2, -0.15) is 0 Å². The second-order valence-corrected chi connectivity index (χ2v) is 6.92. The number of hydrogen-bond donors (Lipinski definition) is 1. The molecule has 1 N–H and O–H groups in total. The SMILES string of the molecule is COC(=O)c1ccc(C=C(SCC(=O)O)c2nc3ccccc3s2)o1. The summed E-state index contributed by atoms with van der Waals surface area (Å²) in [7, 11) is 1.27. The number of benzene rings is 1. The average Bonchev–Trinajstić information content (AvgIpc) is 3.24. The molecule has 0 saturated carbocycles. The van der Waals surface area contributed by atoms with Crippen molar-refractivity contribution in [2.75, 3.05) is 12.9 Å². The number of aromatic nitrogens is 1. The number of carbonyl (C=O) groups excluding carboxylic acids is 1. The Balaban J connectivity index is 1.97. The van der Waals surface area contributed by atoms with Gasteiger partial charge in [0.05, 0.1) is 23.1 Å². The highest BCUT2D eigenvalue weighted by Crippen LogP contribution is 2.35. The Kier molecular flexibility index (Phi) is 5.20. The summed E-state index contributed by atoms with van der Waals surface area (Å²) in [5.74, 6) is -1.09. The zero-order chi connectivity index (χ0) is 17.8. The van der Waals surface area contributed by atoms with E-state index in [2.05, 4.69) is 9.72 Å². The fraction of sp³-hybridized carbons (Fsp3) is 0.118. The number of aliphatic carboxylic acids is 1. The van der Waals surface area contributed by atoms with Gasteiger partial charge in [0, 0.05) is 4.91 Å². The summed E-state index contributed by atoms with van der Waals surface area (Å²) < 4.78 is 11.1. The highest BCUT2D eigenvalue weighted by molar-refractivity contribution is 8.09. The number of carboxylic acids is 1. The van der Waals surface area contributed by atoms with Crippen molar-refractivity contribution in [3.8, 4) is 0 Å². The predicted octanol–water partition coefficient (Wildman–Crippen LogP) is 3.99. The van der Waals surface area contributed by atoms with Crippen LogP contribution in [0.15, 0.2) is 40.8 Å². The number of para-hydroxylation sites is 1. The number of fused-ring (bicyclic) bond motifs is 1. The molecule has 0 bridgehead atoms. The smallest absolute Gasteiger partial charge is 0.373 e. The fourth-order valence-electron chi connectivity index (χ4n) is 2.05. The molecule has 0 spiro atoms. The van der Waals surface area contributed by atoms with Crippen LogP contribution in [0.2, 0.25) is 0 Å². The van der Waals surface area contributed by atoms with Gasteiger partial charge in [0.1, 0.15) is 10.8 Å². The molecule has 6 nitrogen and oxygen atoms in total. The number of nitrogens with zero attached hydrogens (tertiary/aromatic N) is 1. The number of hydrogen-bond acceptors (Lipinski definition) is 7. The normalized spacial score (nSPS) is 11.6. The number of ether oxygens (including phenoxy) is 1. The maximum absolute atomic E-state index is 11.5. The average molecular weight is 375 g/mol. The van der Waals surface area contributed by atoms with Crippen LogP contribution in [0.3, 0.4) is 0 Å². The standard InChI is InChI=1S/C17H13NO5S2/c1-22-17(21)12-7-6-10(23-12)8-14(24-9-15(19)20)16-18-11-4-2-3-5-13(11)25-16/h2-8H,9H2,1H3,(H,19,20). The number of thioether (sulfide) groups is 1. The fourth-order valence-corrected chi connectivity index (χ4v) is 3.88. The van der Waals surface area contributed by atoms with Crippen molar-refractivity contribution in [2.45, 2.75) is 0 Å². The second-order valence-electron chi connectivity index (χ2n) is 4.87. The molecule has 0 aliphatic carbocycles. The largest absolute Gasteiger partial charge is 0.481 e. The van der Waals surface area contributed by atoms with Crippen LogP contribution >= 0.6 is 23.1 Å². The third-order valence-electron chi connectivity index (χ3n) is 3.14. The van der Waals surface area contributed by atoms with E-state index in [1.54, 1.807) is 12.1 Å². The lowest BCUT2D eigenvalue weighted by Crippen LogP contribution is -1.98. The van der Waals surface area contributed by atoms with Gasteiger partial charge in [-0.3, -0.25) is 4.79 Å². The van der Waals surface area contributed by atoms with Crippen molar-refractivity contribution >= 4 is 56.2 Å². The first kappa shape index (κ1) is 17.2. The van der Waals surface area contributed by atoms with Crippen LogP contribution in [0.25, 0.3) is 21.2 Å². The van der Waals surface area contributed by atoms with Crippen molar-refractivity contribution in [1.82, 2.24) is 4.98 Å². The summed E-state index contributed by atoms with van der Waals surface area (Å²) >= 11 is 2.62. The van der Waals surface area contributed by atoms with Gasteiger partial charge >= 0.3 is 11.9 Å². The quantitative estimate of drug-likeness (QED) is 0.652. The Hall–Kier alpha value is -2.58. The van der Waals surface area contributed by atoms with Gasteiger partial charge in [-0.25, -0.2) is 9.78 Å². The van der Waals surface area contributed by atoms with Crippen molar-refractivity contribution in [1.29, 1.82) is 0 Å². The van der Waals surface area contributed by atoms with Crippen molar-refractivity contribution < 1.29 is 23.8 Å². The van der Waals surface area contributed by atoms with E-state index in [-0.39, 0.29) is 11.5 Å². The highest BCUT2D eigenvalue weighted by atomic mass is 32.2. The number of methoxy groups -OCH3 is 1. The van der Waals surface area contributed by atoms with E-state index in [9.17, 15) is 9.59 Å². The molecule has 3 aromatic rings. The minimum atomic E-state index is -0.924. The summed E-state index contributed by atoms with van der Waals surface area (Å²) in [6.45, 7) is 0. The number of rotatable bonds is 6. The molecule has 0 aliphatic heterocycles. The van der Waals surface area contributed by atoms with Crippen molar-refractivity contribution in [3.05, 3.63) is 52.9 Å². The summed E-state index contributed by atoms with van der Waals surface area (Å²) in [4.78, 5) is 27.6. The summed E-state index contributed by atoms with van der Waals surface area (Å²) in [5, 5.41) is 9.67. The second kappa shape index (κ2) is 7.54. The number of carboxylic acid groups (broad SMARTS) is 1. The van der Waals surface area contributed by atoms with Crippen LogP contribution < -0.4 is 0 Å². The molecule has 25 heavy (non-hydrogen) atoms. The van der Waals surface area contributed by atoms with E-state index in [0.717, 1.165) is 22.0 Å². The summed E-state index contributed by atoms with van der Waals surface area (Å²) in [6.07, 6.45) is 1.68. The summed E-state index contributed by atoms with van der Waals surface area (Å²) in [5.41, 5.74) is 0.846. The molecular formula is C17H13NO5S2. The molecule has 0 saturated heterocycles.